The summed E-state index contributed by atoms with van der Waals surface area (Å²) in [6, 6.07) is 3.80. The molecule has 1 saturated heterocycles. The number of nitrogens with zero attached hydrogens (tertiary/aromatic N) is 1. The highest BCUT2D eigenvalue weighted by molar-refractivity contribution is 5.83. The van der Waals surface area contributed by atoms with Gasteiger partial charge in [-0.1, -0.05) is 26.8 Å². The van der Waals surface area contributed by atoms with E-state index in [9.17, 15) is 4.79 Å². The number of carbonyl (C=O) groups is 1. The fraction of sp³-hybridized carbons (Fsp3) is 0.647. The van der Waals surface area contributed by atoms with Crippen LogP contribution in [0, 0.1) is 11.3 Å². The molecule has 1 aromatic heterocycles. The van der Waals surface area contributed by atoms with Crippen molar-refractivity contribution in [3.05, 3.63) is 30.1 Å². The van der Waals surface area contributed by atoms with Crippen LogP contribution in [0.5, 0.6) is 0 Å². The number of hydrogen-bond donors (Lipinski definition) is 1. The van der Waals surface area contributed by atoms with Crippen LogP contribution in [-0.4, -0.2) is 30.1 Å². The summed E-state index contributed by atoms with van der Waals surface area (Å²) in [7, 11) is 0. The number of rotatable bonds is 4. The van der Waals surface area contributed by atoms with E-state index < -0.39 is 0 Å². The molecule has 1 aromatic rings. The second-order valence-electron chi connectivity index (χ2n) is 6.96. The Morgan fingerprint density at radius 2 is 2.29 bits per heavy atom. The zero-order chi connectivity index (χ0) is 15.5. The largest absolute Gasteiger partial charge is 0.377 e. The molecule has 0 spiro atoms. The van der Waals surface area contributed by atoms with Crippen LogP contribution in [0.4, 0.5) is 0 Å². The van der Waals surface area contributed by atoms with Crippen molar-refractivity contribution in [1.29, 1.82) is 0 Å². The average molecular weight is 290 g/mol. The number of carbonyl (C=O) groups excluding carboxylic acids is 1. The number of pyridine rings is 1. The van der Waals surface area contributed by atoms with Crippen molar-refractivity contribution in [3.8, 4) is 0 Å². The monoisotopic (exact) mass is 290 g/mol. The highest BCUT2D eigenvalue weighted by Gasteiger charge is 2.37. The zero-order valence-electron chi connectivity index (χ0n) is 13.4. The fourth-order valence-corrected chi connectivity index (χ4v) is 2.97. The normalized spacial score (nSPS) is 23.8. The van der Waals surface area contributed by atoms with Gasteiger partial charge in [-0.2, -0.15) is 0 Å². The molecule has 21 heavy (non-hydrogen) atoms. The minimum atomic E-state index is -0.172. The molecule has 0 radical (unpaired) electrons. The lowest BCUT2D eigenvalue weighted by Gasteiger charge is -2.31. The van der Waals surface area contributed by atoms with Gasteiger partial charge in [-0.15, -0.1) is 0 Å². The summed E-state index contributed by atoms with van der Waals surface area (Å²) in [4.78, 5) is 16.3. The van der Waals surface area contributed by atoms with Gasteiger partial charge >= 0.3 is 0 Å². The molecule has 1 N–H and O–H groups in total. The van der Waals surface area contributed by atoms with E-state index in [-0.39, 0.29) is 23.3 Å². The van der Waals surface area contributed by atoms with Crippen molar-refractivity contribution >= 4 is 5.91 Å². The zero-order valence-corrected chi connectivity index (χ0v) is 13.4. The maximum absolute atomic E-state index is 12.3. The molecule has 0 bridgehead atoms. The average Bonchev–Trinajstić information content (AvgIpc) is 2.93. The summed E-state index contributed by atoms with van der Waals surface area (Å²) in [6.07, 6.45) is 4.70. The smallest absolute Gasteiger partial charge is 0.227 e. The molecule has 0 unspecified atom stereocenters. The van der Waals surface area contributed by atoms with Gasteiger partial charge in [0.15, 0.2) is 0 Å². The summed E-state index contributed by atoms with van der Waals surface area (Å²) in [6.45, 7) is 9.97. The van der Waals surface area contributed by atoms with Gasteiger partial charge in [-0.3, -0.25) is 9.78 Å². The van der Waals surface area contributed by atoms with Gasteiger partial charge < -0.3 is 10.1 Å². The Hall–Kier alpha value is -1.42. The minimum Gasteiger partial charge on any atom is -0.377 e. The first-order chi connectivity index (χ1) is 9.89. The highest BCUT2D eigenvalue weighted by Crippen LogP contribution is 2.34. The van der Waals surface area contributed by atoms with Gasteiger partial charge in [0, 0.05) is 31.5 Å². The number of hydrogen-bond acceptors (Lipinski definition) is 3. The number of amides is 1. The first kappa shape index (κ1) is 16.0. The molecule has 1 amide bonds. The Morgan fingerprint density at radius 3 is 2.90 bits per heavy atom. The summed E-state index contributed by atoms with van der Waals surface area (Å²) < 4.78 is 5.85. The molecule has 0 aliphatic carbocycles. The molecule has 0 aromatic carbocycles. The molecule has 1 aliphatic heterocycles. The van der Waals surface area contributed by atoms with Gasteiger partial charge in [0.1, 0.15) is 0 Å². The predicted octanol–water partition coefficient (Wildman–Crippen LogP) is 2.75. The Balaban J connectivity index is 1.89. The van der Waals surface area contributed by atoms with E-state index in [1.807, 2.05) is 19.1 Å². The summed E-state index contributed by atoms with van der Waals surface area (Å²) >= 11 is 0. The van der Waals surface area contributed by atoms with Crippen LogP contribution in [-0.2, 0) is 9.53 Å². The van der Waals surface area contributed by atoms with E-state index in [4.69, 9.17) is 4.74 Å². The van der Waals surface area contributed by atoms with Crippen LogP contribution < -0.4 is 5.32 Å². The van der Waals surface area contributed by atoms with Crippen LogP contribution in [0.1, 0.15) is 45.6 Å². The van der Waals surface area contributed by atoms with E-state index in [1.54, 1.807) is 12.4 Å². The van der Waals surface area contributed by atoms with Crippen molar-refractivity contribution in [2.24, 2.45) is 11.3 Å². The summed E-state index contributed by atoms with van der Waals surface area (Å²) in [5, 5.41) is 3.08. The summed E-state index contributed by atoms with van der Waals surface area (Å²) in [5.74, 6) is 0.284. The third kappa shape index (κ3) is 4.03. The first-order valence-corrected chi connectivity index (χ1v) is 7.69. The second-order valence-corrected chi connectivity index (χ2v) is 6.96. The standard InChI is InChI=1S/C17H26N2O2/c1-12(13-6-5-8-18-10-13)16(20)19-11-14-7-9-21-15(14)17(2,3)4/h5-6,8,10,12,14-15H,7,9,11H2,1-4H3,(H,19,20)/t12-,14-,15+/m1/s1. The topological polar surface area (TPSA) is 51.2 Å². The molecule has 2 heterocycles. The van der Waals surface area contributed by atoms with Crippen LogP contribution in [0.25, 0.3) is 0 Å². The van der Waals surface area contributed by atoms with Crippen molar-refractivity contribution in [3.63, 3.8) is 0 Å². The van der Waals surface area contributed by atoms with Gasteiger partial charge in [0.05, 0.1) is 12.0 Å². The molecule has 1 aliphatic rings. The van der Waals surface area contributed by atoms with Gasteiger partial charge in [-0.25, -0.2) is 0 Å². The summed E-state index contributed by atoms with van der Waals surface area (Å²) in [5.41, 5.74) is 1.06. The van der Waals surface area contributed by atoms with E-state index >= 15 is 0 Å². The Morgan fingerprint density at radius 1 is 1.52 bits per heavy atom. The predicted molar refractivity (Wildman–Crippen MR) is 83.0 cm³/mol. The molecule has 3 atom stereocenters. The molecular formula is C17H26N2O2. The molecule has 116 valence electrons. The molecule has 4 heteroatoms. The fourth-order valence-electron chi connectivity index (χ4n) is 2.97. The maximum atomic E-state index is 12.3. The van der Waals surface area contributed by atoms with Crippen LogP contribution in [0.15, 0.2) is 24.5 Å². The maximum Gasteiger partial charge on any atom is 0.227 e. The Kier molecular flexibility index (Phi) is 4.99. The van der Waals surface area contributed by atoms with E-state index in [1.165, 1.54) is 0 Å². The Bertz CT molecular complexity index is 467. The van der Waals surface area contributed by atoms with Crippen molar-refractivity contribution in [2.75, 3.05) is 13.2 Å². The van der Waals surface area contributed by atoms with E-state index in [0.29, 0.717) is 12.5 Å². The molecule has 2 rings (SSSR count). The first-order valence-electron chi connectivity index (χ1n) is 7.69. The molecule has 0 saturated carbocycles. The van der Waals surface area contributed by atoms with Crippen LogP contribution >= 0.6 is 0 Å². The van der Waals surface area contributed by atoms with Crippen LogP contribution in [0.2, 0.25) is 0 Å². The van der Waals surface area contributed by atoms with Gasteiger partial charge in [0.25, 0.3) is 0 Å². The van der Waals surface area contributed by atoms with Gasteiger partial charge in [0.2, 0.25) is 5.91 Å². The quantitative estimate of drug-likeness (QED) is 0.927. The molecule has 4 nitrogen and oxygen atoms in total. The lowest BCUT2D eigenvalue weighted by atomic mass is 9.81. The van der Waals surface area contributed by atoms with Gasteiger partial charge in [-0.05, 0) is 30.4 Å². The second kappa shape index (κ2) is 6.56. The lowest BCUT2D eigenvalue weighted by molar-refractivity contribution is -0.122. The molecular weight excluding hydrogens is 264 g/mol. The van der Waals surface area contributed by atoms with Crippen LogP contribution in [0.3, 0.4) is 0 Å². The minimum absolute atomic E-state index is 0.0579. The van der Waals surface area contributed by atoms with Crippen molar-refractivity contribution < 1.29 is 9.53 Å². The number of nitrogens with one attached hydrogen (secondary N) is 1. The lowest BCUT2D eigenvalue weighted by Crippen LogP contribution is -2.39. The molecule has 1 fully saturated rings. The third-order valence-electron chi connectivity index (χ3n) is 4.18. The van der Waals surface area contributed by atoms with Crippen molar-refractivity contribution in [2.45, 2.75) is 46.1 Å². The Labute approximate surface area is 127 Å². The van der Waals surface area contributed by atoms with Crippen molar-refractivity contribution in [1.82, 2.24) is 10.3 Å². The van der Waals surface area contributed by atoms with E-state index in [0.717, 1.165) is 18.6 Å². The highest BCUT2D eigenvalue weighted by atomic mass is 16.5. The SMILES string of the molecule is C[C@@H](C(=O)NC[C@H]1CCO[C@@H]1C(C)(C)C)c1cccnc1. The number of aromatic nitrogens is 1. The van der Waals surface area contributed by atoms with E-state index in [2.05, 4.69) is 31.1 Å². The number of ether oxygens (including phenoxy) is 1. The third-order valence-corrected chi connectivity index (χ3v) is 4.18.